The van der Waals surface area contributed by atoms with Crippen LogP contribution in [0.3, 0.4) is 0 Å². The third-order valence-corrected chi connectivity index (χ3v) is 4.60. The number of benzene rings is 1. The highest BCUT2D eigenvalue weighted by molar-refractivity contribution is 5.89. The Hall–Kier alpha value is -1.55. The first-order chi connectivity index (χ1) is 10.1. The highest BCUT2D eigenvalue weighted by Gasteiger charge is 2.38. The average molecular weight is 289 g/mol. The van der Waals surface area contributed by atoms with Crippen molar-refractivity contribution in [2.75, 3.05) is 18.4 Å². The van der Waals surface area contributed by atoms with Gasteiger partial charge >= 0.3 is 6.03 Å². The number of rotatable bonds is 4. The summed E-state index contributed by atoms with van der Waals surface area (Å²) in [5.74, 6) is 0. The largest absolute Gasteiger partial charge is 0.328 e. The number of anilines is 1. The molecule has 1 fully saturated rings. The molecule has 21 heavy (non-hydrogen) atoms. The lowest BCUT2D eigenvalue weighted by Crippen LogP contribution is -2.58. The molecule has 2 rings (SSSR count). The van der Waals surface area contributed by atoms with Crippen molar-refractivity contribution in [2.45, 2.75) is 51.5 Å². The van der Waals surface area contributed by atoms with Crippen LogP contribution in [0.4, 0.5) is 10.5 Å². The van der Waals surface area contributed by atoms with Crippen molar-refractivity contribution in [2.24, 2.45) is 5.73 Å². The monoisotopic (exact) mass is 289 g/mol. The number of hydrogen-bond donors (Lipinski definition) is 2. The van der Waals surface area contributed by atoms with E-state index in [1.54, 1.807) is 0 Å². The van der Waals surface area contributed by atoms with Gasteiger partial charge in [-0.15, -0.1) is 0 Å². The lowest BCUT2D eigenvalue weighted by atomic mass is 9.80. The molecule has 0 aliphatic heterocycles. The molecular weight excluding hydrogens is 262 g/mol. The van der Waals surface area contributed by atoms with Crippen LogP contribution < -0.4 is 11.1 Å². The normalized spacial score (nSPS) is 17.3. The fraction of sp³-hybridized carbons (Fsp3) is 0.588. The Bertz CT molecular complexity index is 463. The first kappa shape index (κ1) is 15.8. The predicted molar refractivity (Wildman–Crippen MR) is 87.4 cm³/mol. The fourth-order valence-electron chi connectivity index (χ4n) is 3.32. The number of carbonyl (C=O) groups is 1. The molecule has 0 saturated heterocycles. The summed E-state index contributed by atoms with van der Waals surface area (Å²) in [7, 11) is 0. The van der Waals surface area contributed by atoms with Crippen molar-refractivity contribution in [3.8, 4) is 0 Å². The summed E-state index contributed by atoms with van der Waals surface area (Å²) in [6.07, 6.45) is 5.59. The molecule has 4 nitrogen and oxygen atoms in total. The van der Waals surface area contributed by atoms with Gasteiger partial charge in [0.1, 0.15) is 0 Å². The number of hydrogen-bond acceptors (Lipinski definition) is 2. The van der Waals surface area contributed by atoms with Crippen LogP contribution in [0.25, 0.3) is 0 Å². The van der Waals surface area contributed by atoms with E-state index in [0.29, 0.717) is 13.1 Å². The smallest absolute Gasteiger partial charge is 0.322 e. The van der Waals surface area contributed by atoms with E-state index < -0.39 is 0 Å². The number of aryl methyl sites for hydroxylation is 1. The van der Waals surface area contributed by atoms with E-state index in [-0.39, 0.29) is 11.6 Å². The van der Waals surface area contributed by atoms with Gasteiger partial charge in [-0.1, -0.05) is 37.0 Å². The molecule has 1 aromatic carbocycles. The van der Waals surface area contributed by atoms with Gasteiger partial charge in [0.15, 0.2) is 0 Å². The molecule has 3 N–H and O–H groups in total. The van der Waals surface area contributed by atoms with E-state index in [4.69, 9.17) is 5.73 Å². The summed E-state index contributed by atoms with van der Waals surface area (Å²) < 4.78 is 0. The van der Waals surface area contributed by atoms with Crippen molar-refractivity contribution in [1.82, 2.24) is 4.90 Å². The van der Waals surface area contributed by atoms with Crippen LogP contribution in [-0.2, 0) is 0 Å². The van der Waals surface area contributed by atoms with Crippen LogP contribution in [0.1, 0.15) is 44.6 Å². The van der Waals surface area contributed by atoms with E-state index in [9.17, 15) is 4.79 Å². The number of urea groups is 1. The third-order valence-electron chi connectivity index (χ3n) is 4.60. The summed E-state index contributed by atoms with van der Waals surface area (Å²) in [4.78, 5) is 14.6. The first-order valence-electron chi connectivity index (χ1n) is 7.96. The summed E-state index contributed by atoms with van der Waals surface area (Å²) in [5, 5.41) is 3.01. The van der Waals surface area contributed by atoms with Gasteiger partial charge in [0, 0.05) is 18.8 Å². The van der Waals surface area contributed by atoms with Gasteiger partial charge in [-0.3, -0.25) is 0 Å². The minimum absolute atomic E-state index is 0.0336. The van der Waals surface area contributed by atoms with Crippen LogP contribution in [0, 0.1) is 6.92 Å². The Balaban J connectivity index is 2.11. The second kappa shape index (κ2) is 6.94. The van der Waals surface area contributed by atoms with E-state index in [1.807, 2.05) is 43.0 Å². The number of nitrogens with two attached hydrogens (primary N) is 1. The molecule has 4 heteroatoms. The van der Waals surface area contributed by atoms with Crippen molar-refractivity contribution in [1.29, 1.82) is 0 Å². The van der Waals surface area contributed by atoms with Gasteiger partial charge < -0.3 is 16.0 Å². The molecule has 1 aliphatic rings. The van der Waals surface area contributed by atoms with E-state index in [1.165, 1.54) is 12.0 Å². The standard InChI is InChI=1S/C17H27N3O/c1-3-20(17(13-18)11-5-4-6-12-17)16(21)19-15-9-7-14(2)8-10-15/h7-10H,3-6,11-13,18H2,1-2H3,(H,19,21). The van der Waals surface area contributed by atoms with Crippen LogP contribution in [0.15, 0.2) is 24.3 Å². The number of amides is 2. The Morgan fingerprint density at radius 1 is 1.24 bits per heavy atom. The van der Waals surface area contributed by atoms with Crippen molar-refractivity contribution in [3.63, 3.8) is 0 Å². The van der Waals surface area contributed by atoms with Crippen LogP contribution in [0.2, 0.25) is 0 Å². The lowest BCUT2D eigenvalue weighted by Gasteiger charge is -2.45. The molecule has 1 aromatic rings. The van der Waals surface area contributed by atoms with E-state index >= 15 is 0 Å². The maximum atomic E-state index is 12.7. The zero-order valence-electron chi connectivity index (χ0n) is 13.2. The second-order valence-electron chi connectivity index (χ2n) is 6.03. The summed E-state index contributed by atoms with van der Waals surface area (Å²) in [6.45, 7) is 5.30. The minimum atomic E-state index is -0.165. The van der Waals surface area contributed by atoms with Crippen molar-refractivity contribution >= 4 is 11.7 Å². The van der Waals surface area contributed by atoms with Crippen LogP contribution in [0.5, 0.6) is 0 Å². The third kappa shape index (κ3) is 3.56. The zero-order valence-corrected chi connectivity index (χ0v) is 13.2. The Morgan fingerprint density at radius 3 is 2.38 bits per heavy atom. The van der Waals surface area contributed by atoms with Gasteiger partial charge in [0.05, 0.1) is 5.54 Å². The van der Waals surface area contributed by atoms with Crippen molar-refractivity contribution in [3.05, 3.63) is 29.8 Å². The van der Waals surface area contributed by atoms with Gasteiger partial charge in [0.2, 0.25) is 0 Å². The highest BCUT2D eigenvalue weighted by atomic mass is 16.2. The summed E-state index contributed by atoms with van der Waals surface area (Å²) >= 11 is 0. The molecule has 0 spiro atoms. The molecular formula is C17H27N3O. The molecule has 0 radical (unpaired) electrons. The van der Waals surface area contributed by atoms with Crippen LogP contribution in [-0.4, -0.2) is 29.6 Å². The predicted octanol–water partition coefficient (Wildman–Crippen LogP) is 3.51. The highest BCUT2D eigenvalue weighted by Crippen LogP contribution is 2.33. The number of carbonyl (C=O) groups excluding carboxylic acids is 1. The number of nitrogens with zero attached hydrogens (tertiary/aromatic N) is 1. The summed E-state index contributed by atoms with van der Waals surface area (Å²) in [5.41, 5.74) is 7.91. The fourth-order valence-corrected chi connectivity index (χ4v) is 3.32. The Morgan fingerprint density at radius 2 is 1.86 bits per heavy atom. The molecule has 2 amide bonds. The number of nitrogens with one attached hydrogen (secondary N) is 1. The lowest BCUT2D eigenvalue weighted by molar-refractivity contribution is 0.0954. The zero-order chi connectivity index (χ0) is 15.3. The minimum Gasteiger partial charge on any atom is -0.328 e. The van der Waals surface area contributed by atoms with Gasteiger partial charge in [-0.2, -0.15) is 0 Å². The first-order valence-corrected chi connectivity index (χ1v) is 7.96. The molecule has 1 aliphatic carbocycles. The van der Waals surface area contributed by atoms with E-state index in [0.717, 1.165) is 31.4 Å². The van der Waals surface area contributed by atoms with Gasteiger partial charge in [0.25, 0.3) is 0 Å². The molecule has 0 atom stereocenters. The van der Waals surface area contributed by atoms with Gasteiger partial charge in [-0.05, 0) is 38.8 Å². The molecule has 0 bridgehead atoms. The van der Waals surface area contributed by atoms with Crippen LogP contribution >= 0.6 is 0 Å². The molecule has 1 saturated carbocycles. The molecule has 0 aromatic heterocycles. The van der Waals surface area contributed by atoms with Crippen molar-refractivity contribution < 1.29 is 4.79 Å². The van der Waals surface area contributed by atoms with E-state index in [2.05, 4.69) is 5.32 Å². The number of likely N-dealkylation sites (N-methyl/N-ethyl adjacent to an activating group) is 1. The molecule has 0 heterocycles. The maximum Gasteiger partial charge on any atom is 0.322 e. The summed E-state index contributed by atoms with van der Waals surface area (Å²) in [6, 6.07) is 7.86. The Labute approximate surface area is 127 Å². The quantitative estimate of drug-likeness (QED) is 0.891. The maximum absolute atomic E-state index is 12.7. The average Bonchev–Trinajstić information content (AvgIpc) is 2.51. The topological polar surface area (TPSA) is 58.4 Å². The molecule has 116 valence electrons. The SMILES string of the molecule is CCN(C(=O)Nc1ccc(C)cc1)C1(CN)CCCCC1. The Kier molecular flexibility index (Phi) is 5.23. The van der Waals surface area contributed by atoms with Gasteiger partial charge in [-0.25, -0.2) is 4.79 Å². The molecule has 0 unspecified atom stereocenters. The second-order valence-corrected chi connectivity index (χ2v) is 6.03.